The quantitative estimate of drug-likeness (QED) is 0.915. The van der Waals surface area contributed by atoms with E-state index in [9.17, 15) is 9.59 Å². The predicted molar refractivity (Wildman–Crippen MR) is 88.7 cm³/mol. The number of aromatic nitrogens is 2. The summed E-state index contributed by atoms with van der Waals surface area (Å²) >= 11 is 0. The molecule has 2 aromatic rings. The highest BCUT2D eigenvalue weighted by Crippen LogP contribution is 2.31. The van der Waals surface area contributed by atoms with E-state index in [0.717, 1.165) is 12.1 Å². The van der Waals surface area contributed by atoms with Gasteiger partial charge in [-0.3, -0.25) is 14.4 Å². The van der Waals surface area contributed by atoms with Gasteiger partial charge in [-0.1, -0.05) is 18.2 Å². The number of carbonyl (C=O) groups excluding carboxylic acids is 2. The summed E-state index contributed by atoms with van der Waals surface area (Å²) in [6.07, 6.45) is 4.60. The van der Waals surface area contributed by atoms with Crippen molar-refractivity contribution in [3.05, 3.63) is 48.3 Å². The summed E-state index contributed by atoms with van der Waals surface area (Å²) in [5.74, 6) is -0.166. The van der Waals surface area contributed by atoms with Crippen molar-refractivity contribution >= 4 is 17.6 Å². The Morgan fingerprint density at radius 1 is 1.29 bits per heavy atom. The summed E-state index contributed by atoms with van der Waals surface area (Å²) in [4.78, 5) is 27.6. The molecule has 1 unspecified atom stereocenters. The number of urea groups is 1. The van der Waals surface area contributed by atoms with E-state index in [4.69, 9.17) is 0 Å². The summed E-state index contributed by atoms with van der Waals surface area (Å²) < 4.78 is 1.94. The fraction of sp³-hybridized carbons (Fsp3) is 0.353. The Morgan fingerprint density at radius 2 is 2.17 bits per heavy atom. The molecule has 3 amide bonds. The Balaban J connectivity index is 1.58. The van der Waals surface area contributed by atoms with Crippen LogP contribution < -0.4 is 10.2 Å². The molecule has 1 aromatic heterocycles. The highest BCUT2D eigenvalue weighted by molar-refractivity contribution is 5.97. The third kappa shape index (κ3) is 2.62. The number of imide groups is 1. The van der Waals surface area contributed by atoms with Crippen LogP contribution in [-0.2, 0) is 11.2 Å². The minimum absolute atomic E-state index is 0.166. The minimum atomic E-state index is -0.297. The molecule has 2 aliphatic heterocycles. The van der Waals surface area contributed by atoms with Crippen molar-refractivity contribution in [1.29, 1.82) is 0 Å². The first-order valence-corrected chi connectivity index (χ1v) is 8.12. The van der Waals surface area contributed by atoms with Gasteiger partial charge in [-0.05, 0) is 24.1 Å². The van der Waals surface area contributed by atoms with Crippen molar-refractivity contribution in [1.82, 2.24) is 20.0 Å². The lowest BCUT2D eigenvalue weighted by Gasteiger charge is -2.36. The van der Waals surface area contributed by atoms with E-state index in [0.29, 0.717) is 19.6 Å². The third-order valence-electron chi connectivity index (χ3n) is 4.60. The van der Waals surface area contributed by atoms with Gasteiger partial charge in [-0.2, -0.15) is 5.10 Å². The summed E-state index contributed by atoms with van der Waals surface area (Å²) in [6.45, 7) is 1.86. The predicted octanol–water partition coefficient (Wildman–Crippen LogP) is 1.04. The average Bonchev–Trinajstić information content (AvgIpc) is 3.26. The summed E-state index contributed by atoms with van der Waals surface area (Å²) in [5, 5.41) is 7.02. The van der Waals surface area contributed by atoms with Gasteiger partial charge in [0.15, 0.2) is 0 Å². The Bertz CT molecular complexity index is 758. The molecule has 1 fully saturated rings. The summed E-state index contributed by atoms with van der Waals surface area (Å²) in [7, 11) is 0. The smallest absolute Gasteiger partial charge is 0.324 e. The second-order valence-corrected chi connectivity index (χ2v) is 6.13. The number of amides is 3. The van der Waals surface area contributed by atoms with Crippen LogP contribution in [0.25, 0.3) is 0 Å². The van der Waals surface area contributed by atoms with Crippen molar-refractivity contribution in [2.45, 2.75) is 12.5 Å². The Kier molecular flexibility index (Phi) is 3.68. The van der Waals surface area contributed by atoms with Gasteiger partial charge in [0.2, 0.25) is 5.91 Å². The molecule has 4 rings (SSSR count). The molecule has 0 saturated carbocycles. The number of fused-ring (bicyclic) bond motifs is 1. The molecule has 0 radical (unpaired) electrons. The maximum Gasteiger partial charge on any atom is 0.324 e. The molecular weight excluding hydrogens is 306 g/mol. The molecule has 0 aliphatic carbocycles. The van der Waals surface area contributed by atoms with E-state index in [-0.39, 0.29) is 24.5 Å². The molecular formula is C17H19N5O2. The lowest BCUT2D eigenvalue weighted by molar-refractivity contribution is -0.126. The SMILES string of the molecule is O=C(CN1CC(n2cccn2)Cc2ccccc21)N1CCNC1=O. The average molecular weight is 325 g/mol. The van der Waals surface area contributed by atoms with E-state index in [2.05, 4.69) is 21.4 Å². The first-order chi connectivity index (χ1) is 11.7. The van der Waals surface area contributed by atoms with E-state index in [1.165, 1.54) is 10.5 Å². The van der Waals surface area contributed by atoms with Crippen LogP contribution in [0.5, 0.6) is 0 Å². The Hall–Kier alpha value is -2.83. The number of nitrogens with zero attached hydrogens (tertiary/aromatic N) is 4. The van der Waals surface area contributed by atoms with Gasteiger partial charge in [0.25, 0.3) is 0 Å². The van der Waals surface area contributed by atoms with Gasteiger partial charge in [-0.15, -0.1) is 0 Å². The fourth-order valence-corrected chi connectivity index (χ4v) is 3.44. The number of anilines is 1. The first kappa shape index (κ1) is 14.7. The van der Waals surface area contributed by atoms with E-state index in [1.54, 1.807) is 6.20 Å². The van der Waals surface area contributed by atoms with Crippen LogP contribution in [0.3, 0.4) is 0 Å². The molecule has 7 heteroatoms. The van der Waals surface area contributed by atoms with Crippen molar-refractivity contribution < 1.29 is 9.59 Å². The maximum atomic E-state index is 12.5. The number of hydrogen-bond acceptors (Lipinski definition) is 4. The number of para-hydroxylation sites is 1. The molecule has 124 valence electrons. The maximum absolute atomic E-state index is 12.5. The lowest BCUT2D eigenvalue weighted by atomic mass is 9.98. The van der Waals surface area contributed by atoms with Gasteiger partial charge in [0.1, 0.15) is 0 Å². The molecule has 0 spiro atoms. The van der Waals surface area contributed by atoms with E-state index in [1.807, 2.05) is 35.1 Å². The Morgan fingerprint density at radius 3 is 2.92 bits per heavy atom. The van der Waals surface area contributed by atoms with Crippen molar-refractivity contribution in [3.8, 4) is 0 Å². The number of hydrogen-bond donors (Lipinski definition) is 1. The zero-order valence-electron chi connectivity index (χ0n) is 13.3. The largest absolute Gasteiger partial charge is 0.360 e. The van der Waals surface area contributed by atoms with Crippen LogP contribution in [-0.4, -0.2) is 52.8 Å². The molecule has 2 aliphatic rings. The van der Waals surface area contributed by atoms with Crippen LogP contribution in [0.15, 0.2) is 42.7 Å². The van der Waals surface area contributed by atoms with E-state index >= 15 is 0 Å². The number of carbonyl (C=O) groups is 2. The zero-order chi connectivity index (χ0) is 16.5. The van der Waals surface area contributed by atoms with Crippen molar-refractivity contribution in [3.63, 3.8) is 0 Å². The van der Waals surface area contributed by atoms with Crippen molar-refractivity contribution in [2.75, 3.05) is 31.1 Å². The number of benzene rings is 1. The highest BCUT2D eigenvalue weighted by Gasteiger charge is 2.31. The minimum Gasteiger partial charge on any atom is -0.360 e. The van der Waals surface area contributed by atoms with Gasteiger partial charge in [0.05, 0.1) is 12.6 Å². The first-order valence-electron chi connectivity index (χ1n) is 8.12. The van der Waals surface area contributed by atoms with Crippen molar-refractivity contribution in [2.24, 2.45) is 0 Å². The summed E-state index contributed by atoms with van der Waals surface area (Å²) in [6, 6.07) is 9.90. The van der Waals surface area contributed by atoms with Crippen LogP contribution in [0.4, 0.5) is 10.5 Å². The zero-order valence-corrected chi connectivity index (χ0v) is 13.3. The number of rotatable bonds is 3. The van der Waals surface area contributed by atoms with E-state index < -0.39 is 0 Å². The second-order valence-electron chi connectivity index (χ2n) is 6.13. The fourth-order valence-electron chi connectivity index (χ4n) is 3.44. The lowest BCUT2D eigenvalue weighted by Crippen LogP contribution is -2.45. The second kappa shape index (κ2) is 5.99. The molecule has 1 atom stereocenters. The van der Waals surface area contributed by atoms with Crippen LogP contribution in [0, 0.1) is 0 Å². The normalized spacial score (nSPS) is 20.0. The third-order valence-corrected chi connectivity index (χ3v) is 4.60. The van der Waals surface area contributed by atoms with Crippen LogP contribution in [0.2, 0.25) is 0 Å². The molecule has 3 heterocycles. The standard InChI is InChI=1S/C17H19N5O2/c23-16(21-9-7-18-17(21)24)12-20-11-14(22-8-3-6-19-22)10-13-4-1-2-5-15(13)20/h1-6,8,14H,7,9-12H2,(H,18,24). The Labute approximate surface area is 139 Å². The van der Waals surface area contributed by atoms with Crippen LogP contribution in [0.1, 0.15) is 11.6 Å². The molecule has 7 nitrogen and oxygen atoms in total. The van der Waals surface area contributed by atoms with Gasteiger partial charge >= 0.3 is 6.03 Å². The van der Waals surface area contributed by atoms with Gasteiger partial charge in [0, 0.05) is 37.7 Å². The molecule has 0 bridgehead atoms. The monoisotopic (exact) mass is 325 g/mol. The molecule has 1 N–H and O–H groups in total. The molecule has 24 heavy (non-hydrogen) atoms. The highest BCUT2D eigenvalue weighted by atomic mass is 16.2. The number of nitrogens with one attached hydrogen (secondary N) is 1. The molecule has 1 saturated heterocycles. The van der Waals surface area contributed by atoms with Gasteiger partial charge < -0.3 is 10.2 Å². The summed E-state index contributed by atoms with van der Waals surface area (Å²) in [5.41, 5.74) is 2.26. The topological polar surface area (TPSA) is 70.5 Å². The van der Waals surface area contributed by atoms with Crippen LogP contribution >= 0.6 is 0 Å². The van der Waals surface area contributed by atoms with Gasteiger partial charge in [-0.25, -0.2) is 4.79 Å². The molecule has 1 aromatic carbocycles.